The average molecular weight is 490 g/mol. The number of aliphatic carboxylic acids is 1. The van der Waals surface area contributed by atoms with Crippen molar-refractivity contribution in [2.24, 2.45) is 10.7 Å². The van der Waals surface area contributed by atoms with Crippen molar-refractivity contribution < 1.29 is 14.4 Å². The van der Waals surface area contributed by atoms with Crippen LogP contribution in [0.3, 0.4) is 0 Å². The number of quaternary nitrogens is 1. The van der Waals surface area contributed by atoms with E-state index in [1.165, 1.54) is 116 Å². The maximum atomic E-state index is 11.2. The third kappa shape index (κ3) is 16.0. The van der Waals surface area contributed by atoms with Crippen molar-refractivity contribution in [3.63, 3.8) is 0 Å². The van der Waals surface area contributed by atoms with Crippen LogP contribution in [0.15, 0.2) is 29.5 Å². The van der Waals surface area contributed by atoms with E-state index in [9.17, 15) is 9.90 Å². The molecule has 1 unspecified atom stereocenters. The second-order valence-electron chi connectivity index (χ2n) is 10.4. The Morgan fingerprint density at radius 1 is 0.829 bits per heavy atom. The summed E-state index contributed by atoms with van der Waals surface area (Å²) in [6, 6.07) is 0. The van der Waals surface area contributed by atoms with Gasteiger partial charge in [-0.15, -0.1) is 0 Å². The largest absolute Gasteiger partial charge is 0.544 e. The maximum absolute atomic E-state index is 11.2. The van der Waals surface area contributed by atoms with Crippen LogP contribution in [0.4, 0.5) is 0 Å². The summed E-state index contributed by atoms with van der Waals surface area (Å²) in [6.07, 6.45) is 34.6. The number of amidine groups is 1. The van der Waals surface area contributed by atoms with E-state index in [1.54, 1.807) is 6.20 Å². The number of hydrogen-bond acceptors (Lipinski definition) is 4. The first-order valence-electron chi connectivity index (χ1n) is 14.8. The van der Waals surface area contributed by atoms with Crippen LogP contribution in [0.5, 0.6) is 0 Å². The lowest BCUT2D eigenvalue weighted by atomic mass is 10.0. The molecule has 0 amide bonds. The number of hydrogen-bond donors (Lipinski definition) is 1. The zero-order valence-electron chi connectivity index (χ0n) is 22.9. The summed E-state index contributed by atoms with van der Waals surface area (Å²) in [5, 5.41) is 11.2. The van der Waals surface area contributed by atoms with Gasteiger partial charge in [0.2, 0.25) is 5.84 Å². The van der Waals surface area contributed by atoms with E-state index in [0.29, 0.717) is 13.1 Å². The first kappa shape index (κ1) is 31.6. The molecule has 0 saturated carbocycles. The zero-order chi connectivity index (χ0) is 25.5. The standard InChI is InChI=1S/C30H55N3O2/c1-2-3-4-5-6-7-8-9-10-11-12-13-14-15-16-17-18-19-20-21-22-23-29-32-25-27-33(29,26-24-31)28-30(34)35/h2-3,25,27H,4-24,26,28,31H2,1H3/b3-2+. The van der Waals surface area contributed by atoms with Crippen LogP contribution in [0.2, 0.25) is 0 Å². The van der Waals surface area contributed by atoms with Gasteiger partial charge in [0, 0.05) is 13.0 Å². The lowest BCUT2D eigenvalue weighted by Crippen LogP contribution is -2.55. The molecular formula is C30H55N3O2. The number of carbonyl (C=O) groups is 1. The van der Waals surface area contributed by atoms with Gasteiger partial charge in [0.05, 0.1) is 12.2 Å². The van der Waals surface area contributed by atoms with Gasteiger partial charge < -0.3 is 15.6 Å². The molecule has 0 aromatic rings. The molecule has 5 heteroatoms. The fraction of sp³-hybridized carbons (Fsp3) is 0.800. The number of aliphatic imine (C=N–C) groups is 1. The number of allylic oxidation sites excluding steroid dienone is 2. The highest BCUT2D eigenvalue weighted by atomic mass is 16.4. The number of carboxylic acids is 1. The third-order valence-corrected chi connectivity index (χ3v) is 7.29. The van der Waals surface area contributed by atoms with Gasteiger partial charge >= 0.3 is 0 Å². The van der Waals surface area contributed by atoms with Gasteiger partial charge in [-0.25, -0.2) is 9.48 Å². The van der Waals surface area contributed by atoms with Crippen LogP contribution in [-0.4, -0.2) is 35.9 Å². The monoisotopic (exact) mass is 489 g/mol. The smallest absolute Gasteiger partial charge is 0.207 e. The van der Waals surface area contributed by atoms with Crippen LogP contribution in [-0.2, 0) is 4.79 Å². The summed E-state index contributed by atoms with van der Waals surface area (Å²) in [5.41, 5.74) is 5.72. The van der Waals surface area contributed by atoms with E-state index >= 15 is 0 Å². The molecule has 0 aromatic heterocycles. The van der Waals surface area contributed by atoms with E-state index in [0.717, 1.165) is 18.7 Å². The Bertz CT molecular complexity index is 615. The van der Waals surface area contributed by atoms with Crippen molar-refractivity contribution in [1.29, 1.82) is 0 Å². The van der Waals surface area contributed by atoms with Gasteiger partial charge in [-0.05, 0) is 26.2 Å². The molecule has 0 radical (unpaired) electrons. The zero-order valence-corrected chi connectivity index (χ0v) is 22.9. The number of nitrogens with zero attached hydrogens (tertiary/aromatic N) is 2. The second kappa shape index (κ2) is 21.8. The molecule has 1 aliphatic heterocycles. The molecule has 1 heterocycles. The maximum Gasteiger partial charge on any atom is 0.207 e. The van der Waals surface area contributed by atoms with Crippen LogP contribution in [0.1, 0.15) is 135 Å². The summed E-state index contributed by atoms with van der Waals surface area (Å²) < 4.78 is 0.246. The molecule has 1 rings (SSSR count). The molecule has 2 N–H and O–H groups in total. The minimum Gasteiger partial charge on any atom is -0.544 e. The lowest BCUT2D eigenvalue weighted by Gasteiger charge is -2.32. The second-order valence-corrected chi connectivity index (χ2v) is 10.4. The summed E-state index contributed by atoms with van der Waals surface area (Å²) in [5.74, 6) is -0.120. The molecule has 1 aliphatic rings. The van der Waals surface area contributed by atoms with Gasteiger partial charge in [0.1, 0.15) is 19.3 Å². The summed E-state index contributed by atoms with van der Waals surface area (Å²) >= 11 is 0. The van der Waals surface area contributed by atoms with Crippen molar-refractivity contribution in [2.75, 3.05) is 19.6 Å². The minimum atomic E-state index is -1.05. The molecule has 0 spiro atoms. The van der Waals surface area contributed by atoms with Crippen LogP contribution < -0.4 is 10.8 Å². The van der Waals surface area contributed by atoms with Gasteiger partial charge in [-0.3, -0.25) is 0 Å². The fourth-order valence-electron chi connectivity index (χ4n) is 5.16. The molecule has 0 aliphatic carbocycles. The Balaban J connectivity index is 1.85. The summed E-state index contributed by atoms with van der Waals surface area (Å²) in [6.45, 7) is 3.05. The van der Waals surface area contributed by atoms with E-state index in [2.05, 4.69) is 24.1 Å². The molecule has 0 bridgehead atoms. The minimum absolute atomic E-state index is 0.0654. The van der Waals surface area contributed by atoms with E-state index in [1.807, 2.05) is 6.20 Å². The van der Waals surface area contributed by atoms with Gasteiger partial charge in [0.15, 0.2) is 0 Å². The van der Waals surface area contributed by atoms with Crippen molar-refractivity contribution in [3.05, 3.63) is 24.6 Å². The predicted octanol–water partition coefficient (Wildman–Crippen LogP) is 6.77. The fourth-order valence-corrected chi connectivity index (χ4v) is 5.16. The predicted molar refractivity (Wildman–Crippen MR) is 148 cm³/mol. The molecule has 0 fully saturated rings. The van der Waals surface area contributed by atoms with Crippen molar-refractivity contribution in [2.45, 2.75) is 135 Å². The van der Waals surface area contributed by atoms with E-state index in [4.69, 9.17) is 5.73 Å². The Labute approximate surface area is 216 Å². The molecule has 35 heavy (non-hydrogen) atoms. The van der Waals surface area contributed by atoms with Crippen LogP contribution in [0.25, 0.3) is 0 Å². The van der Waals surface area contributed by atoms with Crippen LogP contribution in [0, 0.1) is 0 Å². The number of carbonyl (C=O) groups excluding carboxylic acids is 1. The molecular weight excluding hydrogens is 434 g/mol. The average Bonchev–Trinajstić information content (AvgIpc) is 3.21. The Kier molecular flexibility index (Phi) is 19.7. The highest BCUT2D eigenvalue weighted by molar-refractivity contribution is 5.80. The van der Waals surface area contributed by atoms with Gasteiger partial charge in [-0.1, -0.05) is 115 Å². The van der Waals surface area contributed by atoms with Gasteiger partial charge in [-0.2, -0.15) is 0 Å². The van der Waals surface area contributed by atoms with E-state index < -0.39 is 5.97 Å². The highest BCUT2D eigenvalue weighted by Gasteiger charge is 2.34. The first-order valence-corrected chi connectivity index (χ1v) is 14.8. The Hall–Kier alpha value is -1.46. The molecule has 202 valence electrons. The molecule has 0 saturated heterocycles. The quantitative estimate of drug-likeness (QED) is 0.0872. The van der Waals surface area contributed by atoms with Gasteiger partial charge in [0.25, 0.3) is 0 Å². The summed E-state index contributed by atoms with van der Waals surface area (Å²) in [7, 11) is 0. The highest BCUT2D eigenvalue weighted by Crippen LogP contribution is 2.21. The normalized spacial score (nSPS) is 17.5. The first-order chi connectivity index (χ1) is 17.1. The topological polar surface area (TPSA) is 78.5 Å². The molecule has 5 nitrogen and oxygen atoms in total. The van der Waals surface area contributed by atoms with Crippen molar-refractivity contribution in [3.8, 4) is 0 Å². The van der Waals surface area contributed by atoms with Crippen molar-refractivity contribution in [1.82, 2.24) is 0 Å². The number of carboxylic acid groups (broad SMARTS) is 1. The van der Waals surface area contributed by atoms with E-state index in [-0.39, 0.29) is 11.0 Å². The SMILES string of the molecule is C/C=C/CCCCCCCCCCCCCCCCCCCCC1=NC=C[N+]1(CCN)CC(=O)[O-]. The van der Waals surface area contributed by atoms with Crippen molar-refractivity contribution >= 4 is 11.8 Å². The third-order valence-electron chi connectivity index (χ3n) is 7.29. The summed E-state index contributed by atoms with van der Waals surface area (Å²) in [4.78, 5) is 15.6. The Morgan fingerprint density at radius 3 is 1.71 bits per heavy atom. The number of unbranched alkanes of at least 4 members (excludes halogenated alkanes) is 18. The lowest BCUT2D eigenvalue weighted by molar-refractivity contribution is -0.780. The van der Waals surface area contributed by atoms with Crippen LogP contribution >= 0.6 is 0 Å². The number of nitrogens with two attached hydrogens (primary N) is 1. The Morgan fingerprint density at radius 2 is 1.29 bits per heavy atom. The molecule has 1 atom stereocenters. The number of rotatable bonds is 25. The molecule has 0 aromatic carbocycles.